The predicted octanol–water partition coefficient (Wildman–Crippen LogP) is 6.67. The molecule has 0 saturated carbocycles. The zero-order chi connectivity index (χ0) is 40.1. The summed E-state index contributed by atoms with van der Waals surface area (Å²) < 4.78 is -0.631. The molecule has 0 radical (unpaired) electrons. The van der Waals surface area contributed by atoms with E-state index < -0.39 is 39.7 Å². The fraction of sp³-hybridized carbons (Fsp3) is 0.409. The molecule has 6 aliphatic carbocycles. The van der Waals surface area contributed by atoms with Gasteiger partial charge in [-0.15, -0.1) is 0 Å². The Hall–Kier alpha value is -3.68. The van der Waals surface area contributed by atoms with E-state index >= 15 is 0 Å². The van der Waals surface area contributed by atoms with Gasteiger partial charge in [0.05, 0.1) is 0 Å². The van der Waals surface area contributed by atoms with Crippen molar-refractivity contribution >= 4 is 52.8 Å². The van der Waals surface area contributed by atoms with E-state index in [4.69, 9.17) is 0 Å². The molecule has 0 spiro atoms. The molecule has 0 aliphatic heterocycles. The van der Waals surface area contributed by atoms with Crippen molar-refractivity contribution in [3.63, 3.8) is 0 Å². The molecule has 286 valence electrons. The van der Waals surface area contributed by atoms with Gasteiger partial charge in [0.2, 0.25) is 0 Å². The molecule has 0 aromatic rings. The van der Waals surface area contributed by atoms with Crippen LogP contribution in [-0.2, 0) is 42.1 Å². The first-order valence-corrected chi connectivity index (χ1v) is 27.8. The third-order valence-electron chi connectivity index (χ3n) is 12.9. The summed E-state index contributed by atoms with van der Waals surface area (Å²) in [5.41, 5.74) is 10.3. The Morgan fingerprint density at radius 1 is 0.600 bits per heavy atom. The van der Waals surface area contributed by atoms with Crippen LogP contribution in [0.1, 0.15) is 54.4 Å². The Morgan fingerprint density at radius 2 is 0.964 bits per heavy atom. The van der Waals surface area contributed by atoms with Gasteiger partial charge in [-0.3, -0.25) is 0 Å². The minimum absolute atomic E-state index is 0.166. The first-order chi connectivity index (χ1) is 26.1. The van der Waals surface area contributed by atoms with Gasteiger partial charge in [0.25, 0.3) is 0 Å². The van der Waals surface area contributed by atoms with Gasteiger partial charge in [0.1, 0.15) is 0 Å². The topological polar surface area (TPSA) is 116 Å². The second kappa shape index (κ2) is 15.3. The third-order valence-corrected chi connectivity index (χ3v) is 28.2. The molecule has 6 rings (SSSR count). The molecule has 0 saturated heterocycles. The fourth-order valence-corrected chi connectivity index (χ4v) is 26.9. The first kappa shape index (κ1) is 41.0. The number of allylic oxidation sites excluding steroid dienone is 16. The number of amides is 4. The van der Waals surface area contributed by atoms with Crippen LogP contribution in [0.5, 0.6) is 0 Å². The van der Waals surface area contributed by atoms with Crippen molar-refractivity contribution in [3.05, 3.63) is 117 Å². The molecule has 4 atom stereocenters. The summed E-state index contributed by atoms with van der Waals surface area (Å²) in [4.78, 5) is 48.3. The molecule has 0 aromatic heterocycles. The van der Waals surface area contributed by atoms with E-state index in [0.29, 0.717) is 35.6 Å². The van der Waals surface area contributed by atoms with Crippen LogP contribution >= 0.6 is 0 Å². The van der Waals surface area contributed by atoms with E-state index in [1.54, 1.807) is 0 Å². The summed E-state index contributed by atoms with van der Waals surface area (Å²) in [5.74, 6) is -0.331. The average Bonchev–Trinajstić information content (AvgIpc) is 3.89. The zero-order valence-electron chi connectivity index (χ0n) is 33.8. The summed E-state index contributed by atoms with van der Waals surface area (Å²) >= 11 is -2.28. The Labute approximate surface area is 340 Å². The molecule has 6 aliphatic rings. The molecule has 0 bridgehead atoms. The van der Waals surface area contributed by atoms with Crippen molar-refractivity contribution in [1.82, 2.24) is 21.3 Å². The first-order valence-electron chi connectivity index (χ1n) is 19.2. The molecule has 0 fully saturated rings. The number of hydrogen-bond donors (Lipinski definition) is 4. The second-order valence-electron chi connectivity index (χ2n) is 16.7. The molecule has 55 heavy (non-hydrogen) atoms. The van der Waals surface area contributed by atoms with Gasteiger partial charge >= 0.3 is 343 Å². The van der Waals surface area contributed by atoms with Gasteiger partial charge in [0.15, 0.2) is 0 Å². The van der Waals surface area contributed by atoms with E-state index in [1.165, 1.54) is 43.8 Å². The van der Waals surface area contributed by atoms with Crippen molar-refractivity contribution in [2.45, 2.75) is 86.9 Å². The maximum atomic E-state index is 12.2. The quantitative estimate of drug-likeness (QED) is 0.129. The molecule has 4 N–H and O–H groups in total. The van der Waals surface area contributed by atoms with Gasteiger partial charge in [-0.2, -0.15) is 0 Å². The van der Waals surface area contributed by atoms with Crippen molar-refractivity contribution in [1.29, 1.82) is 0 Å². The van der Waals surface area contributed by atoms with Crippen molar-refractivity contribution in [3.8, 4) is 0 Å². The maximum absolute atomic E-state index is 12.2. The molecule has 8 nitrogen and oxygen atoms in total. The summed E-state index contributed by atoms with van der Waals surface area (Å²) in [6.45, 7) is 24.0. The number of carbonyl (C=O) groups is 4. The van der Waals surface area contributed by atoms with Crippen molar-refractivity contribution in [2.75, 3.05) is 0 Å². The van der Waals surface area contributed by atoms with Crippen molar-refractivity contribution < 1.29 is 42.1 Å². The Balaban J connectivity index is 1.77. The van der Waals surface area contributed by atoms with Crippen molar-refractivity contribution in [2.24, 2.45) is 22.7 Å². The average molecular weight is 938 g/mol. The van der Waals surface area contributed by atoms with Crippen LogP contribution in [-0.4, -0.2) is 52.8 Å². The monoisotopic (exact) mass is 938 g/mol. The second-order valence-corrected chi connectivity index (χ2v) is 28.0. The van der Waals surface area contributed by atoms with Crippen LogP contribution in [0.3, 0.4) is 0 Å². The number of carbonyl (C=O) groups excluding carboxylic acids is 4. The summed E-state index contributed by atoms with van der Waals surface area (Å²) in [7, 11) is -2.10. The molecule has 0 aromatic carbocycles. The van der Waals surface area contributed by atoms with Gasteiger partial charge in [-0.05, 0) is 0 Å². The van der Waals surface area contributed by atoms with E-state index in [9.17, 15) is 19.2 Å². The molecule has 4 amide bonds. The molecular formula is C44H54HfN4O4Si2. The SMILES string of the molecule is CC1C(NC=O)=C(NC=O)C=CC2=C1C(=[Si](C)C)C(C)(C)[C]2([Hf][C]1(C2=CC=CC2)C2=C(C(=[Si](C)C)C1(C)C)C(C)C(NC=O)=C(NC=O)C=C2)C1=CC=CC1. The van der Waals surface area contributed by atoms with Crippen LogP contribution in [0.4, 0.5) is 0 Å². The minimum atomic E-state index is -2.28. The van der Waals surface area contributed by atoms with E-state index in [2.05, 4.69) is 138 Å². The van der Waals surface area contributed by atoms with Gasteiger partial charge < -0.3 is 0 Å². The van der Waals surface area contributed by atoms with Gasteiger partial charge in [-0.1, -0.05) is 0 Å². The third kappa shape index (κ3) is 5.97. The van der Waals surface area contributed by atoms with Gasteiger partial charge in [0, 0.05) is 0 Å². The van der Waals surface area contributed by atoms with Crippen LogP contribution in [0, 0.1) is 22.7 Å². The predicted molar refractivity (Wildman–Crippen MR) is 223 cm³/mol. The van der Waals surface area contributed by atoms with E-state index in [0.717, 1.165) is 25.7 Å². The van der Waals surface area contributed by atoms with Crippen LogP contribution < -0.4 is 21.3 Å². The Bertz CT molecular complexity index is 2000. The molecular weight excluding hydrogens is 883 g/mol. The number of nitrogens with one attached hydrogen (secondary N) is 4. The molecule has 0 heterocycles. The summed E-state index contributed by atoms with van der Waals surface area (Å²) in [6.07, 6.45) is 27.0. The zero-order valence-corrected chi connectivity index (χ0v) is 39.4. The van der Waals surface area contributed by atoms with Crippen LogP contribution in [0.15, 0.2) is 117 Å². The van der Waals surface area contributed by atoms with E-state index in [1.807, 2.05) is 12.2 Å². The summed E-state index contributed by atoms with van der Waals surface area (Å²) in [6, 6.07) is 0. The Morgan fingerprint density at radius 3 is 1.25 bits per heavy atom. The molecule has 11 heteroatoms. The van der Waals surface area contributed by atoms with Crippen LogP contribution in [0.2, 0.25) is 32.5 Å². The fourth-order valence-electron chi connectivity index (χ4n) is 11.2. The number of rotatable bonds is 12. The van der Waals surface area contributed by atoms with Gasteiger partial charge in [-0.25, -0.2) is 0 Å². The van der Waals surface area contributed by atoms with Crippen LogP contribution in [0.25, 0.3) is 0 Å². The van der Waals surface area contributed by atoms with E-state index in [-0.39, 0.29) is 29.0 Å². The molecule has 4 unspecified atom stereocenters. The standard InChI is InChI=1S/2C22H27N2O2Si.Hf/c2*1-14-18-16(10-11-17(23-12-25)20(14)24-13-26)19(15-8-6-7-9-15)22(2,3)21(18)27(4)5;/h2*6-8,10-14H,9H2,1-5H3,(H,23,25)(H,24,26);. The number of hydrogen-bond acceptors (Lipinski definition) is 4. The summed E-state index contributed by atoms with van der Waals surface area (Å²) in [5, 5.41) is 14.9. The normalized spacial score (nSPS) is 28.7. The Kier molecular flexibility index (Phi) is 11.4.